The summed E-state index contributed by atoms with van der Waals surface area (Å²) in [5.74, 6) is 7.45. The molecule has 0 aliphatic rings. The Kier molecular flexibility index (Phi) is 14.6. The molecule has 0 aliphatic heterocycles. The Morgan fingerprint density at radius 3 is 1.89 bits per heavy atom. The van der Waals surface area contributed by atoms with E-state index >= 15 is 0 Å². The van der Waals surface area contributed by atoms with Crippen LogP contribution >= 0.6 is 11.3 Å². The van der Waals surface area contributed by atoms with Gasteiger partial charge in [-0.15, -0.1) is 11.3 Å². The van der Waals surface area contributed by atoms with E-state index in [2.05, 4.69) is 25.7 Å². The molecule has 0 radical (unpaired) electrons. The van der Waals surface area contributed by atoms with Crippen LogP contribution in [0.3, 0.4) is 0 Å². The van der Waals surface area contributed by atoms with Crippen LogP contribution in [0.25, 0.3) is 0 Å². The molecule has 0 saturated heterocycles. The Bertz CT molecular complexity index is 951. The maximum Gasteiger partial charge on any atom is 0.160 e. The van der Waals surface area contributed by atoms with Crippen LogP contribution in [0.2, 0.25) is 0 Å². The number of unbranched alkanes of at least 4 members (excludes halogenated alkanes) is 10. The maximum absolute atomic E-state index is 11.8. The number of carbonyl (C=O) groups excluding carboxylic acids is 2. The molecule has 1 heterocycles. The highest BCUT2D eigenvalue weighted by atomic mass is 32.1. The fraction of sp³-hybridized carbons (Fsp3) is 0.533. The second-order valence-corrected chi connectivity index (χ2v) is 9.92. The highest BCUT2D eigenvalue weighted by molar-refractivity contribution is 7.14. The Morgan fingerprint density at radius 1 is 0.714 bits per heavy atom. The molecule has 0 saturated carbocycles. The number of hydrogen-bond donors (Lipinski definition) is 0. The van der Waals surface area contributed by atoms with Gasteiger partial charge in [-0.2, -0.15) is 0 Å². The summed E-state index contributed by atoms with van der Waals surface area (Å²) in [4.78, 5) is 24.2. The smallest absolute Gasteiger partial charge is 0.160 e. The monoisotopic (exact) mass is 496 g/mol. The van der Waals surface area contributed by atoms with Gasteiger partial charge in [0.15, 0.2) is 12.6 Å². The minimum Gasteiger partial charge on any atom is -0.493 e. The SMILES string of the molecule is CCCCCCCCOc1cc(C=O)c(OCCCCCCCC)cc1C#Cc1ccc(C=O)s1. The number of rotatable bonds is 18. The predicted octanol–water partition coefficient (Wildman–Crippen LogP) is 8.25. The number of ether oxygens (including phenoxy) is 2. The molecule has 0 amide bonds. The molecule has 0 bridgehead atoms. The Hall–Kier alpha value is -2.58. The first-order valence-corrected chi connectivity index (χ1v) is 14.0. The first-order valence-electron chi connectivity index (χ1n) is 13.2. The lowest BCUT2D eigenvalue weighted by Gasteiger charge is -2.13. The van der Waals surface area contributed by atoms with Gasteiger partial charge < -0.3 is 9.47 Å². The zero-order chi connectivity index (χ0) is 25.1. The van der Waals surface area contributed by atoms with Crippen molar-refractivity contribution in [3.8, 4) is 23.3 Å². The summed E-state index contributed by atoms with van der Waals surface area (Å²) in [6.07, 6.45) is 15.8. The molecule has 0 spiro atoms. The van der Waals surface area contributed by atoms with Crippen LogP contribution in [0.15, 0.2) is 24.3 Å². The summed E-state index contributed by atoms with van der Waals surface area (Å²) in [6.45, 7) is 5.59. The minimum atomic E-state index is 0.485. The average Bonchev–Trinajstić information content (AvgIpc) is 3.35. The van der Waals surface area contributed by atoms with E-state index in [9.17, 15) is 9.59 Å². The molecule has 0 unspecified atom stereocenters. The van der Waals surface area contributed by atoms with Crippen molar-refractivity contribution in [1.29, 1.82) is 0 Å². The van der Waals surface area contributed by atoms with Crippen LogP contribution in [0.1, 0.15) is 121 Å². The standard InChI is InChI=1S/C30H40O4S/c1-3-5-7-9-11-13-19-33-29-22-26(23-31)30(34-20-14-12-10-8-6-4-2)21-25(29)15-16-27-17-18-28(24-32)35-27/h17-18,21-24H,3-14,19-20H2,1-2H3. The number of carbonyl (C=O) groups is 2. The van der Waals surface area contributed by atoms with Gasteiger partial charge in [0.05, 0.1) is 34.1 Å². The normalized spacial score (nSPS) is 10.5. The highest BCUT2D eigenvalue weighted by Gasteiger charge is 2.12. The van der Waals surface area contributed by atoms with Gasteiger partial charge in [-0.05, 0) is 31.0 Å². The van der Waals surface area contributed by atoms with Gasteiger partial charge in [0.1, 0.15) is 11.5 Å². The molecule has 1 aromatic heterocycles. The van der Waals surface area contributed by atoms with E-state index in [-0.39, 0.29) is 0 Å². The zero-order valence-electron chi connectivity index (χ0n) is 21.4. The Morgan fingerprint density at radius 2 is 1.31 bits per heavy atom. The highest BCUT2D eigenvalue weighted by Crippen LogP contribution is 2.29. The van der Waals surface area contributed by atoms with Crippen molar-refractivity contribution in [3.05, 3.63) is 45.1 Å². The van der Waals surface area contributed by atoms with Crippen molar-refractivity contribution in [2.45, 2.75) is 90.9 Å². The zero-order valence-corrected chi connectivity index (χ0v) is 22.2. The molecule has 4 nitrogen and oxygen atoms in total. The van der Waals surface area contributed by atoms with Gasteiger partial charge in [0.25, 0.3) is 0 Å². The lowest BCUT2D eigenvalue weighted by atomic mass is 10.1. The fourth-order valence-electron chi connectivity index (χ4n) is 3.75. The van der Waals surface area contributed by atoms with Crippen molar-refractivity contribution in [3.63, 3.8) is 0 Å². The van der Waals surface area contributed by atoms with Crippen molar-refractivity contribution < 1.29 is 19.1 Å². The molecule has 1 aromatic carbocycles. The minimum absolute atomic E-state index is 0.485. The molecule has 35 heavy (non-hydrogen) atoms. The molecule has 190 valence electrons. The maximum atomic E-state index is 11.8. The Balaban J connectivity index is 2.09. The lowest BCUT2D eigenvalue weighted by Crippen LogP contribution is -2.04. The molecule has 0 aliphatic carbocycles. The van der Waals surface area contributed by atoms with Crippen LogP contribution in [0.4, 0.5) is 0 Å². The quantitative estimate of drug-likeness (QED) is 0.118. The molecule has 0 N–H and O–H groups in total. The van der Waals surface area contributed by atoms with E-state index < -0.39 is 0 Å². The molecule has 5 heteroatoms. The van der Waals surface area contributed by atoms with Crippen LogP contribution in [-0.4, -0.2) is 25.8 Å². The van der Waals surface area contributed by atoms with Crippen molar-refractivity contribution in [1.82, 2.24) is 0 Å². The first-order chi connectivity index (χ1) is 17.2. The molecule has 2 rings (SSSR count). The topological polar surface area (TPSA) is 52.6 Å². The Labute approximate surface area is 215 Å². The summed E-state index contributed by atoms with van der Waals surface area (Å²) >= 11 is 1.36. The van der Waals surface area contributed by atoms with E-state index in [0.29, 0.717) is 40.7 Å². The number of thiophene rings is 1. The second-order valence-electron chi connectivity index (χ2n) is 8.81. The fourth-order valence-corrected chi connectivity index (χ4v) is 4.43. The van der Waals surface area contributed by atoms with E-state index in [0.717, 1.165) is 43.1 Å². The van der Waals surface area contributed by atoms with Crippen LogP contribution < -0.4 is 9.47 Å². The summed E-state index contributed by atoms with van der Waals surface area (Å²) in [7, 11) is 0. The lowest BCUT2D eigenvalue weighted by molar-refractivity contribution is 0.111. The number of aldehydes is 2. The summed E-state index contributed by atoms with van der Waals surface area (Å²) in [6, 6.07) is 7.17. The van der Waals surface area contributed by atoms with Crippen LogP contribution in [-0.2, 0) is 0 Å². The molecule has 2 aromatic rings. The van der Waals surface area contributed by atoms with E-state index in [1.165, 1.54) is 62.7 Å². The molecule has 0 atom stereocenters. The first kappa shape index (κ1) is 28.7. The van der Waals surface area contributed by atoms with Gasteiger partial charge in [-0.25, -0.2) is 0 Å². The third-order valence-electron chi connectivity index (χ3n) is 5.81. The average molecular weight is 497 g/mol. The molecular weight excluding hydrogens is 456 g/mol. The molecule has 0 fully saturated rings. The van der Waals surface area contributed by atoms with Gasteiger partial charge in [-0.1, -0.05) is 89.9 Å². The van der Waals surface area contributed by atoms with Crippen LogP contribution in [0.5, 0.6) is 11.5 Å². The van der Waals surface area contributed by atoms with Gasteiger partial charge in [0.2, 0.25) is 0 Å². The number of hydrogen-bond acceptors (Lipinski definition) is 5. The summed E-state index contributed by atoms with van der Waals surface area (Å²) in [5, 5.41) is 0. The third-order valence-corrected chi connectivity index (χ3v) is 6.74. The second kappa shape index (κ2) is 17.8. The summed E-state index contributed by atoms with van der Waals surface area (Å²) < 4.78 is 12.1. The van der Waals surface area contributed by atoms with Gasteiger partial charge in [0, 0.05) is 6.07 Å². The number of benzene rings is 1. The predicted molar refractivity (Wildman–Crippen MR) is 145 cm³/mol. The van der Waals surface area contributed by atoms with E-state index in [1.807, 2.05) is 12.1 Å². The largest absolute Gasteiger partial charge is 0.493 e. The van der Waals surface area contributed by atoms with Crippen LogP contribution in [0, 0.1) is 11.8 Å². The van der Waals surface area contributed by atoms with Gasteiger partial charge >= 0.3 is 0 Å². The summed E-state index contributed by atoms with van der Waals surface area (Å²) in [5.41, 5.74) is 1.18. The van der Waals surface area contributed by atoms with Crippen molar-refractivity contribution >= 4 is 23.9 Å². The van der Waals surface area contributed by atoms with E-state index in [1.54, 1.807) is 12.1 Å². The van der Waals surface area contributed by atoms with Gasteiger partial charge in [-0.3, -0.25) is 9.59 Å². The third kappa shape index (κ3) is 11.1. The molecular formula is C30H40O4S. The van der Waals surface area contributed by atoms with Crippen molar-refractivity contribution in [2.75, 3.05) is 13.2 Å². The van der Waals surface area contributed by atoms with Crippen molar-refractivity contribution in [2.24, 2.45) is 0 Å². The van der Waals surface area contributed by atoms with E-state index in [4.69, 9.17) is 9.47 Å².